The van der Waals surface area contributed by atoms with Crippen molar-refractivity contribution >= 4 is 39.9 Å². The summed E-state index contributed by atoms with van der Waals surface area (Å²) in [7, 11) is 1.35. The minimum atomic E-state index is -0.487. The van der Waals surface area contributed by atoms with Crippen LogP contribution in [-0.4, -0.2) is 19.0 Å². The Morgan fingerprint density at radius 2 is 1.56 bits per heavy atom. The minimum absolute atomic E-state index is 0.296. The maximum Gasteiger partial charge on any atom is 0.341 e. The molecular formula is C29H25NO3S. The average Bonchev–Trinajstić information content (AvgIpc) is 3.31. The summed E-state index contributed by atoms with van der Waals surface area (Å²) in [5.74, 6) is -0.783. The lowest BCUT2D eigenvalue weighted by atomic mass is 10.0. The fraction of sp³-hybridized carbons (Fsp3) is 0.103. The van der Waals surface area contributed by atoms with E-state index in [4.69, 9.17) is 4.74 Å². The van der Waals surface area contributed by atoms with Crippen LogP contribution in [0.5, 0.6) is 0 Å². The largest absolute Gasteiger partial charge is 0.465 e. The molecule has 4 aromatic rings. The molecule has 0 aliphatic heterocycles. The summed E-state index contributed by atoms with van der Waals surface area (Å²) in [5, 5.41) is 5.31. The van der Waals surface area contributed by atoms with Gasteiger partial charge >= 0.3 is 5.97 Å². The molecule has 0 atom stereocenters. The van der Waals surface area contributed by atoms with E-state index in [1.54, 1.807) is 0 Å². The zero-order chi connectivity index (χ0) is 23.9. The van der Waals surface area contributed by atoms with E-state index in [2.05, 4.69) is 12.2 Å². The number of nitrogens with one attached hydrogen (secondary N) is 1. The second kappa shape index (κ2) is 10.8. The van der Waals surface area contributed by atoms with Crippen molar-refractivity contribution in [1.29, 1.82) is 0 Å². The number of ether oxygens (including phenoxy) is 1. The summed E-state index contributed by atoms with van der Waals surface area (Å²) in [6, 6.07) is 27.2. The highest BCUT2D eigenvalue weighted by Gasteiger charge is 2.23. The van der Waals surface area contributed by atoms with Crippen LogP contribution in [0.15, 0.2) is 90.3 Å². The summed E-state index contributed by atoms with van der Waals surface area (Å²) in [5.41, 5.74) is 5.41. The van der Waals surface area contributed by atoms with Crippen molar-refractivity contribution in [1.82, 2.24) is 0 Å². The fourth-order valence-electron chi connectivity index (χ4n) is 3.67. The summed E-state index contributed by atoms with van der Waals surface area (Å²) in [6.07, 6.45) is 2.78. The van der Waals surface area contributed by atoms with Gasteiger partial charge in [0.1, 0.15) is 10.6 Å². The molecule has 4 rings (SSSR count). The molecular weight excluding hydrogens is 442 g/mol. The lowest BCUT2D eigenvalue weighted by molar-refractivity contribution is -0.111. The highest BCUT2D eigenvalue weighted by atomic mass is 32.1. The van der Waals surface area contributed by atoms with Gasteiger partial charge < -0.3 is 10.1 Å². The highest BCUT2D eigenvalue weighted by Crippen LogP contribution is 2.37. The number of esters is 1. The van der Waals surface area contributed by atoms with Crippen LogP contribution in [0.2, 0.25) is 0 Å². The standard InChI is InChI=1S/C29H25NO3S/c1-3-20-14-16-23(17-15-20)25-19-34-28(26(25)29(32)33-2)30-27(31)24(22-12-8-5-9-13-22)18-21-10-6-4-7-11-21/h4-19H,3H2,1-2H3,(H,30,31)/b24-18+. The zero-order valence-corrected chi connectivity index (χ0v) is 19.9. The van der Waals surface area contributed by atoms with E-state index < -0.39 is 5.97 Å². The predicted octanol–water partition coefficient (Wildman–Crippen LogP) is 6.94. The first-order valence-corrected chi connectivity index (χ1v) is 11.9. The fourth-order valence-corrected chi connectivity index (χ4v) is 4.62. The Balaban J connectivity index is 1.72. The average molecular weight is 468 g/mol. The first-order chi connectivity index (χ1) is 16.6. The third-order valence-corrected chi connectivity index (χ3v) is 6.42. The molecule has 1 amide bonds. The van der Waals surface area contributed by atoms with Crippen molar-refractivity contribution in [3.63, 3.8) is 0 Å². The molecule has 4 nitrogen and oxygen atoms in total. The molecule has 5 heteroatoms. The second-order valence-corrected chi connectivity index (χ2v) is 8.56. The molecule has 1 heterocycles. The van der Waals surface area contributed by atoms with Crippen molar-refractivity contribution in [2.75, 3.05) is 12.4 Å². The van der Waals surface area contributed by atoms with Crippen LogP contribution in [0.1, 0.15) is 34.0 Å². The van der Waals surface area contributed by atoms with Crippen molar-refractivity contribution in [2.45, 2.75) is 13.3 Å². The van der Waals surface area contributed by atoms with Crippen LogP contribution < -0.4 is 5.32 Å². The number of carbonyl (C=O) groups excluding carboxylic acids is 2. The van der Waals surface area contributed by atoms with Crippen molar-refractivity contribution in [3.05, 3.63) is 113 Å². The molecule has 0 saturated heterocycles. The quantitative estimate of drug-likeness (QED) is 0.182. The van der Waals surface area contributed by atoms with E-state index in [1.165, 1.54) is 24.0 Å². The number of methoxy groups -OCH3 is 1. The van der Waals surface area contributed by atoms with Gasteiger partial charge in [-0.25, -0.2) is 4.79 Å². The van der Waals surface area contributed by atoms with Gasteiger partial charge in [-0.05, 0) is 34.8 Å². The van der Waals surface area contributed by atoms with E-state index >= 15 is 0 Å². The van der Waals surface area contributed by atoms with Crippen molar-refractivity contribution < 1.29 is 14.3 Å². The minimum Gasteiger partial charge on any atom is -0.465 e. The SMILES string of the molecule is CCc1ccc(-c2csc(NC(=O)/C(=C/c3ccccc3)c3ccccc3)c2C(=O)OC)cc1. The van der Waals surface area contributed by atoms with Gasteiger partial charge in [0.05, 0.1) is 7.11 Å². The molecule has 0 saturated carbocycles. The van der Waals surface area contributed by atoms with Crippen LogP contribution in [0.25, 0.3) is 22.8 Å². The van der Waals surface area contributed by atoms with E-state index in [0.717, 1.165) is 28.7 Å². The number of aryl methyl sites for hydroxylation is 1. The van der Waals surface area contributed by atoms with Crippen LogP contribution in [0, 0.1) is 0 Å². The first kappa shape index (κ1) is 23.2. The smallest absolute Gasteiger partial charge is 0.341 e. The normalized spacial score (nSPS) is 11.2. The lowest BCUT2D eigenvalue weighted by Crippen LogP contribution is -2.15. The molecule has 1 N–H and O–H groups in total. The molecule has 1 aromatic heterocycles. The van der Waals surface area contributed by atoms with Gasteiger partial charge in [0.25, 0.3) is 5.91 Å². The second-order valence-electron chi connectivity index (χ2n) is 7.68. The number of hydrogen-bond donors (Lipinski definition) is 1. The Labute approximate surface area is 203 Å². The van der Waals surface area contributed by atoms with Crippen molar-refractivity contribution in [2.24, 2.45) is 0 Å². The maximum atomic E-state index is 13.5. The Hall–Kier alpha value is -3.96. The third-order valence-electron chi connectivity index (χ3n) is 5.52. The van der Waals surface area contributed by atoms with Crippen LogP contribution in [0.3, 0.4) is 0 Å². The summed E-state index contributed by atoms with van der Waals surface area (Å²) in [6.45, 7) is 2.10. The number of amides is 1. The van der Waals surface area contributed by atoms with E-state index in [1.807, 2.05) is 96.4 Å². The summed E-state index contributed by atoms with van der Waals surface area (Å²) >= 11 is 1.31. The molecule has 0 fully saturated rings. The van der Waals surface area contributed by atoms with Gasteiger partial charge in [-0.15, -0.1) is 11.3 Å². The molecule has 0 aliphatic carbocycles. The van der Waals surface area contributed by atoms with Crippen LogP contribution in [0.4, 0.5) is 5.00 Å². The van der Waals surface area contributed by atoms with Gasteiger partial charge in [0.15, 0.2) is 0 Å². The zero-order valence-electron chi connectivity index (χ0n) is 19.1. The third kappa shape index (κ3) is 5.16. The lowest BCUT2D eigenvalue weighted by Gasteiger charge is -2.11. The molecule has 0 bridgehead atoms. The Morgan fingerprint density at radius 3 is 2.18 bits per heavy atom. The topological polar surface area (TPSA) is 55.4 Å². The van der Waals surface area contributed by atoms with Gasteiger partial charge in [0.2, 0.25) is 0 Å². The summed E-state index contributed by atoms with van der Waals surface area (Å²) in [4.78, 5) is 26.2. The molecule has 0 radical (unpaired) electrons. The highest BCUT2D eigenvalue weighted by molar-refractivity contribution is 7.15. The summed E-state index contributed by atoms with van der Waals surface area (Å²) < 4.78 is 5.07. The van der Waals surface area contributed by atoms with Crippen LogP contribution >= 0.6 is 11.3 Å². The predicted molar refractivity (Wildman–Crippen MR) is 140 cm³/mol. The Kier molecular flexibility index (Phi) is 7.35. The Bertz CT molecular complexity index is 1310. The molecule has 170 valence electrons. The molecule has 0 aliphatic rings. The number of benzene rings is 3. The van der Waals surface area contributed by atoms with Crippen LogP contribution in [-0.2, 0) is 16.0 Å². The van der Waals surface area contributed by atoms with E-state index in [0.29, 0.717) is 16.1 Å². The molecule has 0 spiro atoms. The maximum absolute atomic E-state index is 13.5. The van der Waals surface area contributed by atoms with Crippen molar-refractivity contribution in [3.8, 4) is 11.1 Å². The van der Waals surface area contributed by atoms with Gasteiger partial charge in [-0.2, -0.15) is 0 Å². The number of hydrogen-bond acceptors (Lipinski definition) is 4. The van der Waals surface area contributed by atoms with Gasteiger partial charge in [0, 0.05) is 16.5 Å². The first-order valence-electron chi connectivity index (χ1n) is 11.0. The van der Waals surface area contributed by atoms with E-state index in [-0.39, 0.29) is 5.91 Å². The van der Waals surface area contributed by atoms with E-state index in [9.17, 15) is 9.59 Å². The number of rotatable bonds is 7. The van der Waals surface area contributed by atoms with Gasteiger partial charge in [-0.1, -0.05) is 91.9 Å². The number of carbonyl (C=O) groups is 2. The van der Waals surface area contributed by atoms with Gasteiger partial charge in [-0.3, -0.25) is 4.79 Å². The number of anilines is 1. The monoisotopic (exact) mass is 467 g/mol. The Morgan fingerprint density at radius 1 is 0.912 bits per heavy atom. The molecule has 0 unspecified atom stereocenters. The molecule has 3 aromatic carbocycles. The number of thiophene rings is 1. The molecule has 34 heavy (non-hydrogen) atoms.